The smallest absolute Gasteiger partial charge is 0.387 e. The number of hydrogen-bond acceptors (Lipinski definition) is 20. The van der Waals surface area contributed by atoms with Crippen molar-refractivity contribution >= 4 is 57.5 Å². The van der Waals surface area contributed by atoms with Gasteiger partial charge in [-0.2, -0.15) is 14.3 Å². The molecule has 0 aromatic carbocycles. The molecule has 6 heterocycles. The number of H-pyrrole nitrogens is 2. The van der Waals surface area contributed by atoms with Gasteiger partial charge in [0.2, 0.25) is 11.9 Å². The lowest BCUT2D eigenvalue weighted by Crippen LogP contribution is -2.34. The molecule has 2 fully saturated rings. The van der Waals surface area contributed by atoms with Crippen molar-refractivity contribution in [2.75, 3.05) is 24.7 Å². The minimum atomic E-state index is -5.75. The van der Waals surface area contributed by atoms with Crippen LogP contribution in [0, 0.1) is 0 Å². The predicted octanol–water partition coefficient (Wildman–Crippen LogP) is -4.40. The van der Waals surface area contributed by atoms with Crippen molar-refractivity contribution in [3.63, 3.8) is 0 Å². The third kappa shape index (κ3) is 7.53. The average Bonchev–Trinajstić information content (AvgIpc) is 3.76. The van der Waals surface area contributed by atoms with Crippen LogP contribution in [0.3, 0.4) is 0 Å². The molecule has 0 radical (unpaired) electrons. The first-order chi connectivity index (χ1) is 23.8. The number of aromatic amines is 2. The van der Waals surface area contributed by atoms with Crippen molar-refractivity contribution in [3.8, 4) is 0 Å². The molecule has 28 nitrogen and oxygen atoms in total. The van der Waals surface area contributed by atoms with E-state index in [1.807, 2.05) is 0 Å². The highest BCUT2D eigenvalue weighted by atomic mass is 31.3. The van der Waals surface area contributed by atoms with Crippen LogP contribution in [0.4, 0.5) is 11.9 Å². The van der Waals surface area contributed by atoms with Crippen LogP contribution in [0.15, 0.2) is 22.2 Å². The standard InChI is InChI=1S/C20H28N11O17P3/c21-19-25-13-7(15(36)27-19)23-3-30(13)17-11(34)9(32)5(46-17)1-44-49(38,39)29-50(40,41)48-51(42,43)45-2-6-10(33)12(35)18(47-6)31-4-24-8-14(31)26-20(22)28-16(8)37/h3-6,9-12,17-18,32-35H,1-2H2,(H,42,43)(H3,21,25,27,36)(H3,22,26,28,37)(H3,29,38,39,40,41)/t5?,6-,9+,10-,11+,12-,17-,18+/m1/s1. The van der Waals surface area contributed by atoms with Crippen molar-refractivity contribution in [2.45, 2.75) is 49.1 Å². The second kappa shape index (κ2) is 13.5. The fraction of sp³-hybridized carbons (Fsp3) is 0.500. The number of fused-ring (bicyclic) bond motifs is 2. The summed E-state index contributed by atoms with van der Waals surface area (Å²) in [5.41, 5.74) is 8.97. The molecule has 280 valence electrons. The molecule has 0 spiro atoms. The maximum atomic E-state index is 12.5. The summed E-state index contributed by atoms with van der Waals surface area (Å²) in [6.45, 7) is -2.10. The van der Waals surface area contributed by atoms with Gasteiger partial charge in [0, 0.05) is 0 Å². The summed E-state index contributed by atoms with van der Waals surface area (Å²) in [6.07, 6.45) is -11.2. The van der Waals surface area contributed by atoms with Gasteiger partial charge in [-0.3, -0.25) is 37.7 Å². The number of phosphoric acid groups is 1. The van der Waals surface area contributed by atoms with Crippen molar-refractivity contribution in [1.29, 1.82) is 0 Å². The van der Waals surface area contributed by atoms with Crippen LogP contribution in [0.1, 0.15) is 12.5 Å². The molecular formula is C20H28N11O17P3. The lowest BCUT2D eigenvalue weighted by Gasteiger charge is -2.22. The molecule has 4 unspecified atom stereocenters. The zero-order valence-electron chi connectivity index (χ0n) is 25.1. The topological polar surface area (TPSA) is 430 Å². The highest BCUT2D eigenvalue weighted by Gasteiger charge is 2.48. The van der Waals surface area contributed by atoms with E-state index in [0.717, 1.165) is 26.6 Å². The number of ether oxygens (including phenoxy) is 2. The monoisotopic (exact) mass is 787 g/mol. The minimum Gasteiger partial charge on any atom is -0.387 e. The largest absolute Gasteiger partial charge is 0.480 e. The van der Waals surface area contributed by atoms with Gasteiger partial charge in [0.25, 0.3) is 11.1 Å². The number of nitrogen functional groups attached to an aromatic ring is 2. The van der Waals surface area contributed by atoms with E-state index in [1.165, 1.54) is 0 Å². The summed E-state index contributed by atoms with van der Waals surface area (Å²) in [6, 6.07) is 0. The van der Waals surface area contributed by atoms with Gasteiger partial charge in [0.05, 0.1) is 25.9 Å². The molecule has 0 amide bonds. The van der Waals surface area contributed by atoms with Crippen LogP contribution in [0.2, 0.25) is 0 Å². The number of phosphoric ester groups is 1. The van der Waals surface area contributed by atoms with Gasteiger partial charge in [-0.1, -0.05) is 0 Å². The number of nitrogens with zero attached hydrogens (tertiary/aromatic N) is 6. The number of hydrogen-bond donors (Lipinski definition) is 12. The highest BCUT2D eigenvalue weighted by Crippen LogP contribution is 2.62. The number of aliphatic hydroxyl groups excluding tert-OH is 4. The number of rotatable bonds is 12. The van der Waals surface area contributed by atoms with Gasteiger partial charge in [-0.25, -0.2) is 23.7 Å². The van der Waals surface area contributed by atoms with E-state index >= 15 is 0 Å². The van der Waals surface area contributed by atoms with Gasteiger partial charge >= 0.3 is 23.3 Å². The first kappa shape index (κ1) is 37.2. The Morgan fingerprint density at radius 2 is 1.18 bits per heavy atom. The molecule has 14 N–H and O–H groups in total. The molecule has 4 aromatic heterocycles. The molecule has 0 saturated carbocycles. The summed E-state index contributed by atoms with van der Waals surface area (Å²) < 4.78 is 64.0. The number of aliphatic hydroxyl groups is 4. The van der Waals surface area contributed by atoms with Crippen molar-refractivity contribution in [1.82, 2.24) is 43.9 Å². The zero-order chi connectivity index (χ0) is 37.2. The SMILES string of the molecule is Nc1nc2c(ncn2[C@@H]2OC(COP(=O)(O)NP(=O)(O)OP(=O)(O)OC[C@H]3O[C@H](n4cnc5c(=O)[nH]c(N)nc54)[C@H](O)[C@@H]3O)[C@H](O)[C@@H]2O)c(=O)[nH]1. The lowest BCUT2D eigenvalue weighted by molar-refractivity contribution is -0.0502. The molecule has 2 saturated heterocycles. The van der Waals surface area contributed by atoms with E-state index < -0.39 is 96.7 Å². The Balaban J connectivity index is 1.04. The zero-order valence-corrected chi connectivity index (χ0v) is 27.8. The maximum Gasteiger partial charge on any atom is 0.480 e. The Morgan fingerprint density at radius 3 is 1.63 bits per heavy atom. The van der Waals surface area contributed by atoms with E-state index in [9.17, 15) is 58.4 Å². The van der Waals surface area contributed by atoms with Crippen LogP contribution < -0.4 is 27.4 Å². The van der Waals surface area contributed by atoms with E-state index in [-0.39, 0.29) is 34.2 Å². The molecule has 4 aromatic rings. The second-order valence-corrected chi connectivity index (χ2v) is 15.9. The van der Waals surface area contributed by atoms with Crippen LogP contribution in [0.25, 0.3) is 22.3 Å². The molecule has 0 bridgehead atoms. The van der Waals surface area contributed by atoms with Gasteiger partial charge in [0.15, 0.2) is 34.8 Å². The third-order valence-corrected chi connectivity index (χ3v) is 12.1. The number of nitrogens with two attached hydrogens (primary N) is 2. The Kier molecular flexibility index (Phi) is 9.83. The fourth-order valence-electron chi connectivity index (χ4n) is 5.16. The number of nitrogens with one attached hydrogen (secondary N) is 3. The van der Waals surface area contributed by atoms with Crippen molar-refractivity contribution in [2.24, 2.45) is 0 Å². The highest BCUT2D eigenvalue weighted by molar-refractivity contribution is 7.71. The number of anilines is 2. The molecule has 11 atom stereocenters. The van der Waals surface area contributed by atoms with Crippen molar-refractivity contribution < 1.29 is 71.6 Å². The summed E-state index contributed by atoms with van der Waals surface area (Å²) in [4.78, 5) is 75.3. The normalized spacial score (nSPS) is 30.4. The summed E-state index contributed by atoms with van der Waals surface area (Å²) in [7, 11) is -16.8. The van der Waals surface area contributed by atoms with Gasteiger partial charge in [-0.05, 0) is 0 Å². The molecule has 0 aliphatic carbocycles. The quantitative estimate of drug-likeness (QED) is 0.0603. The molecule has 2 aliphatic heterocycles. The number of imidazole rings is 2. The van der Waals surface area contributed by atoms with Gasteiger partial charge in [-0.15, -0.1) is 4.86 Å². The predicted molar refractivity (Wildman–Crippen MR) is 163 cm³/mol. The molecule has 2 aliphatic rings. The Labute approximate surface area is 280 Å². The number of aromatic nitrogens is 8. The van der Waals surface area contributed by atoms with Crippen molar-refractivity contribution in [3.05, 3.63) is 33.4 Å². The molecule has 31 heteroatoms. The van der Waals surface area contributed by atoms with Crippen LogP contribution in [0.5, 0.6) is 0 Å². The molecular weight excluding hydrogens is 759 g/mol. The van der Waals surface area contributed by atoms with Crippen LogP contribution in [-0.4, -0.2) is 124 Å². The summed E-state index contributed by atoms with van der Waals surface area (Å²) >= 11 is 0. The Bertz CT molecular complexity index is 2080. The fourth-order valence-corrected chi connectivity index (χ4v) is 9.14. The summed E-state index contributed by atoms with van der Waals surface area (Å²) in [5.74, 6) is -0.608. The minimum absolute atomic E-state index is 0.143. The van der Waals surface area contributed by atoms with Gasteiger partial charge in [0.1, 0.15) is 36.6 Å². The first-order valence-electron chi connectivity index (χ1n) is 14.0. The maximum absolute atomic E-state index is 12.5. The van der Waals surface area contributed by atoms with E-state index in [1.54, 1.807) is 0 Å². The second-order valence-electron chi connectivity index (χ2n) is 10.9. The Morgan fingerprint density at radius 1 is 0.745 bits per heavy atom. The van der Waals surface area contributed by atoms with Gasteiger partial charge < -0.3 is 56.0 Å². The van der Waals surface area contributed by atoms with E-state index in [2.05, 4.69) is 43.3 Å². The summed E-state index contributed by atoms with van der Waals surface area (Å²) in [5, 5.41) is 41.9. The lowest BCUT2D eigenvalue weighted by atomic mass is 10.1. The van der Waals surface area contributed by atoms with E-state index in [0.29, 0.717) is 0 Å². The first-order valence-corrected chi connectivity index (χ1v) is 18.7. The van der Waals surface area contributed by atoms with Crippen LogP contribution in [-0.2, 0) is 36.5 Å². The average molecular weight is 787 g/mol. The molecule has 51 heavy (non-hydrogen) atoms. The third-order valence-electron chi connectivity index (χ3n) is 7.41. The van der Waals surface area contributed by atoms with Crippen LogP contribution >= 0.6 is 23.3 Å². The Hall–Kier alpha value is -3.53. The van der Waals surface area contributed by atoms with E-state index in [4.69, 9.17) is 20.9 Å². The molecule has 6 rings (SSSR count).